The summed E-state index contributed by atoms with van der Waals surface area (Å²) in [6.45, 7) is 4.25. The maximum absolute atomic E-state index is 3.52. The molecule has 0 saturated carbocycles. The standard InChI is InChI=1S/C20H25N/c1-2-13-21-15-19-9-5-6-10-20(19)18-12-11-16-7-3-4-8-17(16)14-18/h5-6,9-12,14,21H,2-4,7-8,13,15H2,1H3. The molecule has 0 heterocycles. The van der Waals surface area contributed by atoms with Crippen molar-refractivity contribution in [2.24, 2.45) is 0 Å². The largest absolute Gasteiger partial charge is 0.313 e. The van der Waals surface area contributed by atoms with Gasteiger partial charge in [-0.05, 0) is 66.5 Å². The molecule has 2 aromatic rings. The van der Waals surface area contributed by atoms with Crippen LogP contribution in [0.25, 0.3) is 11.1 Å². The van der Waals surface area contributed by atoms with Gasteiger partial charge in [0.1, 0.15) is 0 Å². The molecule has 110 valence electrons. The molecule has 0 bridgehead atoms. The second-order valence-corrected chi connectivity index (χ2v) is 6.02. The van der Waals surface area contributed by atoms with Gasteiger partial charge < -0.3 is 5.32 Å². The summed E-state index contributed by atoms with van der Waals surface area (Å²) < 4.78 is 0. The fraction of sp³-hybridized carbons (Fsp3) is 0.400. The van der Waals surface area contributed by atoms with Crippen molar-refractivity contribution >= 4 is 0 Å². The number of aryl methyl sites for hydroxylation is 2. The van der Waals surface area contributed by atoms with E-state index in [4.69, 9.17) is 0 Å². The van der Waals surface area contributed by atoms with Gasteiger partial charge in [0.25, 0.3) is 0 Å². The molecule has 1 N–H and O–H groups in total. The van der Waals surface area contributed by atoms with Gasteiger partial charge in [-0.15, -0.1) is 0 Å². The molecule has 0 spiro atoms. The van der Waals surface area contributed by atoms with E-state index in [0.717, 1.165) is 13.1 Å². The van der Waals surface area contributed by atoms with Crippen LogP contribution in [0.2, 0.25) is 0 Å². The lowest BCUT2D eigenvalue weighted by molar-refractivity contribution is 0.676. The highest BCUT2D eigenvalue weighted by Crippen LogP contribution is 2.29. The van der Waals surface area contributed by atoms with E-state index in [1.165, 1.54) is 48.8 Å². The normalized spacial score (nSPS) is 14.0. The molecule has 1 heteroatoms. The molecule has 21 heavy (non-hydrogen) atoms. The van der Waals surface area contributed by atoms with Gasteiger partial charge in [0.2, 0.25) is 0 Å². The predicted molar refractivity (Wildman–Crippen MR) is 90.5 cm³/mol. The van der Waals surface area contributed by atoms with E-state index in [0.29, 0.717) is 0 Å². The number of nitrogens with one attached hydrogen (secondary N) is 1. The highest BCUT2D eigenvalue weighted by Gasteiger charge is 2.11. The van der Waals surface area contributed by atoms with Crippen molar-refractivity contribution < 1.29 is 0 Å². The second kappa shape index (κ2) is 6.91. The van der Waals surface area contributed by atoms with Crippen LogP contribution in [0.15, 0.2) is 42.5 Å². The minimum atomic E-state index is 0.959. The van der Waals surface area contributed by atoms with Crippen LogP contribution in [-0.2, 0) is 19.4 Å². The molecule has 0 amide bonds. The van der Waals surface area contributed by atoms with Crippen molar-refractivity contribution in [3.63, 3.8) is 0 Å². The Bertz CT molecular complexity index is 601. The maximum atomic E-state index is 3.52. The SMILES string of the molecule is CCCNCc1ccccc1-c1ccc2c(c1)CCCC2. The zero-order chi connectivity index (χ0) is 14.5. The molecule has 2 aromatic carbocycles. The topological polar surface area (TPSA) is 12.0 Å². The van der Waals surface area contributed by atoms with E-state index in [1.54, 1.807) is 11.1 Å². The minimum absolute atomic E-state index is 0.959. The molecule has 0 atom stereocenters. The summed E-state index contributed by atoms with van der Waals surface area (Å²) in [5.74, 6) is 0. The average molecular weight is 279 g/mol. The third kappa shape index (κ3) is 3.36. The van der Waals surface area contributed by atoms with Gasteiger partial charge in [-0.25, -0.2) is 0 Å². The Hall–Kier alpha value is -1.60. The molecule has 0 aliphatic heterocycles. The second-order valence-electron chi connectivity index (χ2n) is 6.02. The monoisotopic (exact) mass is 279 g/mol. The Balaban J connectivity index is 1.89. The predicted octanol–water partition coefficient (Wildman–Crippen LogP) is 4.73. The van der Waals surface area contributed by atoms with Crippen LogP contribution in [0, 0.1) is 0 Å². The highest BCUT2D eigenvalue weighted by atomic mass is 14.8. The van der Waals surface area contributed by atoms with Crippen molar-refractivity contribution in [2.45, 2.75) is 45.6 Å². The Labute approximate surface area is 128 Å². The van der Waals surface area contributed by atoms with Gasteiger partial charge in [0.15, 0.2) is 0 Å². The number of fused-ring (bicyclic) bond motifs is 1. The third-order valence-corrected chi connectivity index (χ3v) is 4.42. The molecule has 1 nitrogen and oxygen atoms in total. The van der Waals surface area contributed by atoms with Gasteiger partial charge in [-0.1, -0.05) is 49.4 Å². The summed E-state index contributed by atoms with van der Waals surface area (Å²) in [5, 5.41) is 3.52. The van der Waals surface area contributed by atoms with Crippen molar-refractivity contribution in [2.75, 3.05) is 6.54 Å². The van der Waals surface area contributed by atoms with E-state index < -0.39 is 0 Å². The van der Waals surface area contributed by atoms with Gasteiger partial charge in [0, 0.05) is 6.54 Å². The number of hydrogen-bond donors (Lipinski definition) is 1. The lowest BCUT2D eigenvalue weighted by Gasteiger charge is -2.18. The fourth-order valence-electron chi connectivity index (χ4n) is 3.26. The zero-order valence-corrected chi connectivity index (χ0v) is 13.0. The zero-order valence-electron chi connectivity index (χ0n) is 13.0. The van der Waals surface area contributed by atoms with Gasteiger partial charge >= 0.3 is 0 Å². The number of rotatable bonds is 5. The Morgan fingerprint density at radius 3 is 2.62 bits per heavy atom. The summed E-state index contributed by atoms with van der Waals surface area (Å²) in [4.78, 5) is 0. The van der Waals surface area contributed by atoms with Crippen LogP contribution >= 0.6 is 0 Å². The fourth-order valence-corrected chi connectivity index (χ4v) is 3.26. The Morgan fingerprint density at radius 1 is 0.952 bits per heavy atom. The van der Waals surface area contributed by atoms with Crippen LogP contribution in [0.5, 0.6) is 0 Å². The van der Waals surface area contributed by atoms with Crippen LogP contribution < -0.4 is 5.32 Å². The number of benzene rings is 2. The van der Waals surface area contributed by atoms with Crippen LogP contribution in [0.1, 0.15) is 42.9 Å². The smallest absolute Gasteiger partial charge is 0.0211 e. The summed E-state index contributed by atoms with van der Waals surface area (Å²) in [5.41, 5.74) is 7.29. The van der Waals surface area contributed by atoms with E-state index >= 15 is 0 Å². The van der Waals surface area contributed by atoms with Crippen molar-refractivity contribution in [3.8, 4) is 11.1 Å². The molecule has 1 aliphatic rings. The van der Waals surface area contributed by atoms with Crippen molar-refractivity contribution in [3.05, 3.63) is 59.2 Å². The molecule has 0 radical (unpaired) electrons. The Morgan fingerprint density at radius 2 is 1.76 bits per heavy atom. The molecular weight excluding hydrogens is 254 g/mol. The first kappa shape index (κ1) is 14.3. The first-order chi connectivity index (χ1) is 10.4. The molecule has 1 aliphatic carbocycles. The summed E-state index contributed by atoms with van der Waals surface area (Å²) in [7, 11) is 0. The summed E-state index contributed by atoms with van der Waals surface area (Å²) in [6.07, 6.45) is 6.38. The first-order valence-corrected chi connectivity index (χ1v) is 8.29. The molecule has 0 saturated heterocycles. The summed E-state index contributed by atoms with van der Waals surface area (Å²) >= 11 is 0. The van der Waals surface area contributed by atoms with Crippen molar-refractivity contribution in [1.29, 1.82) is 0 Å². The lowest BCUT2D eigenvalue weighted by Crippen LogP contribution is -2.14. The van der Waals surface area contributed by atoms with Crippen LogP contribution in [-0.4, -0.2) is 6.54 Å². The summed E-state index contributed by atoms with van der Waals surface area (Å²) in [6, 6.07) is 15.9. The third-order valence-electron chi connectivity index (χ3n) is 4.42. The van der Waals surface area contributed by atoms with Gasteiger partial charge in [-0.3, -0.25) is 0 Å². The van der Waals surface area contributed by atoms with E-state index in [9.17, 15) is 0 Å². The maximum Gasteiger partial charge on any atom is 0.0211 e. The van der Waals surface area contributed by atoms with Crippen LogP contribution in [0.3, 0.4) is 0 Å². The first-order valence-electron chi connectivity index (χ1n) is 8.29. The molecular formula is C20H25N. The number of hydrogen-bond acceptors (Lipinski definition) is 1. The quantitative estimate of drug-likeness (QED) is 0.780. The molecule has 0 unspecified atom stereocenters. The lowest BCUT2D eigenvalue weighted by atomic mass is 9.88. The molecule has 3 rings (SSSR count). The van der Waals surface area contributed by atoms with Crippen molar-refractivity contribution in [1.82, 2.24) is 5.32 Å². The average Bonchev–Trinajstić information content (AvgIpc) is 2.55. The van der Waals surface area contributed by atoms with E-state index in [-0.39, 0.29) is 0 Å². The van der Waals surface area contributed by atoms with Crippen LogP contribution in [0.4, 0.5) is 0 Å². The molecule has 0 fully saturated rings. The Kier molecular flexibility index (Phi) is 4.72. The molecule has 0 aromatic heterocycles. The highest BCUT2D eigenvalue weighted by molar-refractivity contribution is 5.68. The minimum Gasteiger partial charge on any atom is -0.313 e. The van der Waals surface area contributed by atoms with E-state index in [1.807, 2.05) is 0 Å². The van der Waals surface area contributed by atoms with Gasteiger partial charge in [-0.2, -0.15) is 0 Å². The van der Waals surface area contributed by atoms with E-state index in [2.05, 4.69) is 54.7 Å². The van der Waals surface area contributed by atoms with Gasteiger partial charge in [0.05, 0.1) is 0 Å².